The van der Waals surface area contributed by atoms with Crippen molar-refractivity contribution >= 4 is 33.5 Å². The lowest BCUT2D eigenvalue weighted by Crippen LogP contribution is -2.35. The molecule has 1 aromatic rings. The second-order valence-electron chi connectivity index (χ2n) is 5.21. The van der Waals surface area contributed by atoms with E-state index in [2.05, 4.69) is 0 Å². The minimum absolute atomic E-state index is 0.0391. The molecule has 7 nitrogen and oxygen atoms in total. The zero-order chi connectivity index (χ0) is 17.9. The molecule has 0 aliphatic rings. The lowest BCUT2D eigenvalue weighted by atomic mass is 10.2. The molecule has 1 rings (SSSR count). The van der Waals surface area contributed by atoms with Gasteiger partial charge in [-0.3, -0.25) is 4.79 Å². The van der Waals surface area contributed by atoms with E-state index in [-0.39, 0.29) is 15.5 Å². The van der Waals surface area contributed by atoms with Crippen LogP contribution in [0.1, 0.15) is 17.3 Å². The van der Waals surface area contributed by atoms with Crippen molar-refractivity contribution in [3.63, 3.8) is 0 Å². The Morgan fingerprint density at radius 1 is 1.17 bits per heavy atom. The van der Waals surface area contributed by atoms with Crippen LogP contribution in [0.5, 0.6) is 0 Å². The number of hydrogen-bond acceptors (Lipinski definition) is 5. The average molecular weight is 363 g/mol. The predicted molar refractivity (Wildman–Crippen MR) is 85.9 cm³/mol. The Kier molecular flexibility index (Phi) is 6.15. The molecule has 9 heteroatoms. The summed E-state index contributed by atoms with van der Waals surface area (Å²) in [5, 5.41) is 0.0391. The summed E-state index contributed by atoms with van der Waals surface area (Å²) in [7, 11) is 2.10. The van der Waals surface area contributed by atoms with Crippen LogP contribution in [-0.2, 0) is 19.6 Å². The third kappa shape index (κ3) is 4.43. The van der Waals surface area contributed by atoms with E-state index < -0.39 is 28.0 Å². The van der Waals surface area contributed by atoms with Crippen LogP contribution in [0, 0.1) is 0 Å². The maximum atomic E-state index is 12.2. The van der Waals surface area contributed by atoms with Crippen LogP contribution in [0.3, 0.4) is 0 Å². The Bertz CT molecular complexity index is 716. The topological polar surface area (TPSA) is 84.0 Å². The summed E-state index contributed by atoms with van der Waals surface area (Å²) in [5.41, 5.74) is -0.118. The van der Waals surface area contributed by atoms with Crippen LogP contribution in [0.15, 0.2) is 23.1 Å². The van der Waals surface area contributed by atoms with Gasteiger partial charge in [-0.25, -0.2) is 17.5 Å². The van der Waals surface area contributed by atoms with E-state index in [1.807, 2.05) is 0 Å². The summed E-state index contributed by atoms with van der Waals surface area (Å²) in [5.74, 6) is -1.26. The molecular formula is C14H19ClN2O5S. The number of ether oxygens (including phenoxy) is 1. The number of benzene rings is 1. The third-order valence-electron chi connectivity index (χ3n) is 3.01. The number of halogens is 1. The van der Waals surface area contributed by atoms with Gasteiger partial charge in [0.1, 0.15) is 0 Å². The Morgan fingerprint density at radius 3 is 2.22 bits per heavy atom. The van der Waals surface area contributed by atoms with Crippen LogP contribution >= 0.6 is 11.6 Å². The van der Waals surface area contributed by atoms with Gasteiger partial charge < -0.3 is 9.64 Å². The summed E-state index contributed by atoms with van der Waals surface area (Å²) in [4.78, 5) is 25.1. The number of nitrogens with zero attached hydrogens (tertiary/aromatic N) is 2. The number of sulfonamides is 1. The van der Waals surface area contributed by atoms with Gasteiger partial charge in [-0.05, 0) is 25.1 Å². The first-order valence-electron chi connectivity index (χ1n) is 6.62. The highest BCUT2D eigenvalue weighted by Gasteiger charge is 2.24. The van der Waals surface area contributed by atoms with E-state index in [9.17, 15) is 18.0 Å². The smallest absolute Gasteiger partial charge is 0.340 e. The van der Waals surface area contributed by atoms with Crippen molar-refractivity contribution < 1.29 is 22.7 Å². The second kappa shape index (κ2) is 7.29. The van der Waals surface area contributed by atoms with Crippen LogP contribution in [-0.4, -0.2) is 63.8 Å². The molecular weight excluding hydrogens is 344 g/mol. The van der Waals surface area contributed by atoms with E-state index in [0.717, 1.165) is 10.4 Å². The maximum absolute atomic E-state index is 12.2. The zero-order valence-corrected chi connectivity index (χ0v) is 15.1. The average Bonchev–Trinajstić information content (AvgIpc) is 2.45. The first-order chi connectivity index (χ1) is 10.5. The largest absolute Gasteiger partial charge is 0.449 e. The van der Waals surface area contributed by atoms with Crippen molar-refractivity contribution in [2.45, 2.75) is 17.9 Å². The van der Waals surface area contributed by atoms with Crippen molar-refractivity contribution in [1.29, 1.82) is 0 Å². The van der Waals surface area contributed by atoms with E-state index in [4.69, 9.17) is 16.3 Å². The van der Waals surface area contributed by atoms with Gasteiger partial charge in [-0.1, -0.05) is 11.6 Å². The Morgan fingerprint density at radius 2 is 1.74 bits per heavy atom. The predicted octanol–water partition coefficient (Wildman–Crippen LogP) is 1.22. The summed E-state index contributed by atoms with van der Waals surface area (Å²) < 4.78 is 30.3. The molecule has 1 amide bonds. The number of likely N-dealkylation sites (N-methyl/N-ethyl adjacent to an activating group) is 1. The molecule has 1 aromatic carbocycles. The molecule has 0 radical (unpaired) electrons. The third-order valence-corrected chi connectivity index (χ3v) is 5.15. The van der Waals surface area contributed by atoms with Crippen molar-refractivity contribution in [1.82, 2.24) is 9.21 Å². The molecule has 0 aromatic heterocycles. The van der Waals surface area contributed by atoms with Gasteiger partial charge in [-0.2, -0.15) is 0 Å². The first kappa shape index (κ1) is 19.4. The maximum Gasteiger partial charge on any atom is 0.340 e. The van der Waals surface area contributed by atoms with Gasteiger partial charge in [-0.15, -0.1) is 0 Å². The van der Waals surface area contributed by atoms with Gasteiger partial charge in [0.05, 0.1) is 15.5 Å². The van der Waals surface area contributed by atoms with Gasteiger partial charge in [0.15, 0.2) is 6.10 Å². The van der Waals surface area contributed by atoms with Gasteiger partial charge >= 0.3 is 5.97 Å². The van der Waals surface area contributed by atoms with Crippen LogP contribution < -0.4 is 0 Å². The van der Waals surface area contributed by atoms with E-state index in [1.165, 1.54) is 52.1 Å². The van der Waals surface area contributed by atoms with Gasteiger partial charge in [0.2, 0.25) is 10.0 Å². The molecule has 0 saturated heterocycles. The molecule has 0 unspecified atom stereocenters. The standard InChI is InChI=1S/C14H19ClN2O5S/c1-9(13(18)16(2)3)22-14(19)11-8-10(6-7-12(11)15)23(20,21)17(4)5/h6-9H,1-5H3/t9-/m1/s1. The molecule has 23 heavy (non-hydrogen) atoms. The summed E-state index contributed by atoms with van der Waals surface area (Å²) in [6.07, 6.45) is -1.01. The first-order valence-corrected chi connectivity index (χ1v) is 8.44. The molecule has 0 N–H and O–H groups in total. The van der Waals surface area contributed by atoms with Crippen LogP contribution in [0.25, 0.3) is 0 Å². The van der Waals surface area contributed by atoms with Crippen LogP contribution in [0.4, 0.5) is 0 Å². The van der Waals surface area contributed by atoms with E-state index >= 15 is 0 Å². The van der Waals surface area contributed by atoms with E-state index in [1.54, 1.807) is 0 Å². The highest BCUT2D eigenvalue weighted by Crippen LogP contribution is 2.23. The highest BCUT2D eigenvalue weighted by atomic mass is 35.5. The number of esters is 1. The molecule has 0 aliphatic carbocycles. The lowest BCUT2D eigenvalue weighted by Gasteiger charge is -2.18. The van der Waals surface area contributed by atoms with Crippen molar-refractivity contribution in [3.8, 4) is 0 Å². The Labute approximate surface area is 140 Å². The minimum atomic E-state index is -3.72. The molecule has 0 fully saturated rings. The monoisotopic (exact) mass is 362 g/mol. The number of carbonyl (C=O) groups excluding carboxylic acids is 2. The van der Waals surface area contributed by atoms with Crippen molar-refractivity contribution in [2.24, 2.45) is 0 Å². The normalized spacial score (nSPS) is 12.8. The molecule has 0 heterocycles. The fourth-order valence-electron chi connectivity index (χ4n) is 1.67. The van der Waals surface area contributed by atoms with Crippen molar-refractivity contribution in [3.05, 3.63) is 28.8 Å². The number of amides is 1. The molecule has 0 bridgehead atoms. The molecule has 0 aliphatic heterocycles. The SMILES string of the molecule is C[C@@H](OC(=O)c1cc(S(=O)(=O)N(C)C)ccc1Cl)C(=O)N(C)C. The summed E-state index contributed by atoms with van der Waals surface area (Å²) >= 11 is 5.94. The quantitative estimate of drug-likeness (QED) is 0.735. The number of hydrogen-bond donors (Lipinski definition) is 0. The molecule has 128 valence electrons. The molecule has 1 atom stereocenters. The fraction of sp³-hybridized carbons (Fsp3) is 0.429. The summed E-state index contributed by atoms with van der Waals surface area (Å²) in [6, 6.07) is 3.72. The molecule has 0 spiro atoms. The van der Waals surface area contributed by atoms with Crippen molar-refractivity contribution in [2.75, 3.05) is 28.2 Å². The second-order valence-corrected chi connectivity index (χ2v) is 7.77. The Hall–Kier alpha value is -1.64. The zero-order valence-electron chi connectivity index (χ0n) is 13.5. The van der Waals surface area contributed by atoms with E-state index in [0.29, 0.717) is 0 Å². The van der Waals surface area contributed by atoms with Gasteiger partial charge in [0, 0.05) is 28.2 Å². The number of rotatable bonds is 5. The Balaban J connectivity index is 3.14. The lowest BCUT2D eigenvalue weighted by molar-refractivity contribution is -0.137. The molecule has 0 saturated carbocycles. The van der Waals surface area contributed by atoms with Crippen LogP contribution in [0.2, 0.25) is 5.02 Å². The van der Waals surface area contributed by atoms with Gasteiger partial charge in [0.25, 0.3) is 5.91 Å². The number of carbonyl (C=O) groups is 2. The fourth-order valence-corrected chi connectivity index (χ4v) is 2.79. The summed E-state index contributed by atoms with van der Waals surface area (Å²) in [6.45, 7) is 1.43. The minimum Gasteiger partial charge on any atom is -0.449 e. The highest BCUT2D eigenvalue weighted by molar-refractivity contribution is 7.89.